The fourth-order valence-electron chi connectivity index (χ4n) is 3.22. The van der Waals surface area contributed by atoms with Crippen LogP contribution in [0.3, 0.4) is 0 Å². The zero-order valence-electron chi connectivity index (χ0n) is 15.5. The quantitative estimate of drug-likeness (QED) is 0.197. The molecule has 0 saturated carbocycles. The van der Waals surface area contributed by atoms with Crippen LogP contribution in [0.15, 0.2) is 12.7 Å². The predicted molar refractivity (Wildman–Crippen MR) is 96.4 cm³/mol. The van der Waals surface area contributed by atoms with E-state index >= 15 is 0 Å². The third-order valence-electron chi connectivity index (χ3n) is 4.99. The summed E-state index contributed by atoms with van der Waals surface area (Å²) in [6.45, 7) is -0.898. The average molecular weight is 429 g/mol. The van der Waals surface area contributed by atoms with Gasteiger partial charge < -0.3 is 46.2 Å². The SMILES string of the molecule is Nc1ncnc2c1ncn2[C@@H]1O[C@H](CC(=O)[C@H](O)[C@@H](O)[C@H](O)[C@H](O)CO)[C@@H](O)[C@H]1O. The summed E-state index contributed by atoms with van der Waals surface area (Å²) in [6, 6.07) is 0. The zero-order valence-corrected chi connectivity index (χ0v) is 15.5. The van der Waals surface area contributed by atoms with Gasteiger partial charge in [0.15, 0.2) is 23.5 Å². The van der Waals surface area contributed by atoms with Crippen LogP contribution in [0.2, 0.25) is 0 Å². The lowest BCUT2D eigenvalue weighted by Crippen LogP contribution is -2.49. The highest BCUT2D eigenvalue weighted by molar-refractivity contribution is 5.84. The molecular weight excluding hydrogens is 406 g/mol. The molecule has 1 aliphatic heterocycles. The van der Waals surface area contributed by atoms with Gasteiger partial charge in [-0.15, -0.1) is 0 Å². The van der Waals surface area contributed by atoms with Gasteiger partial charge in [0.05, 0.1) is 19.0 Å². The Bertz CT molecular complexity index is 895. The number of aliphatic hydroxyl groups is 7. The van der Waals surface area contributed by atoms with Crippen molar-refractivity contribution in [1.29, 1.82) is 0 Å². The van der Waals surface area contributed by atoms with Crippen LogP contribution in [0.1, 0.15) is 12.6 Å². The van der Waals surface area contributed by atoms with Gasteiger partial charge >= 0.3 is 0 Å². The molecule has 14 nitrogen and oxygen atoms in total. The van der Waals surface area contributed by atoms with Gasteiger partial charge in [-0.2, -0.15) is 0 Å². The zero-order chi connectivity index (χ0) is 22.2. The predicted octanol–water partition coefficient (Wildman–Crippen LogP) is -4.58. The summed E-state index contributed by atoms with van der Waals surface area (Å²) in [4.78, 5) is 24.1. The van der Waals surface area contributed by atoms with Crippen molar-refractivity contribution in [1.82, 2.24) is 19.5 Å². The summed E-state index contributed by atoms with van der Waals surface area (Å²) >= 11 is 0. The second-order valence-corrected chi connectivity index (χ2v) is 6.98. The molecule has 0 unspecified atom stereocenters. The van der Waals surface area contributed by atoms with Crippen LogP contribution in [0.4, 0.5) is 5.82 Å². The summed E-state index contributed by atoms with van der Waals surface area (Å²) in [5.74, 6) is -0.926. The van der Waals surface area contributed by atoms with E-state index in [9.17, 15) is 35.4 Å². The Balaban J connectivity index is 1.72. The normalized spacial score (nSPS) is 28.4. The summed E-state index contributed by atoms with van der Waals surface area (Å²) < 4.78 is 6.87. The standard InChI is InChI=1S/C16H23N5O9/c17-14-8-15(19-3-18-14)21(4-20-8)16-13(29)11(27)7(30-16)1-5(23)9(25)12(28)10(26)6(24)2-22/h3-4,6-7,9-13,16,22,24-29H,1-2H2,(H2,17,18,19)/t6-,7-,9+,10-,11-,12-,13-,16-/m1/s1. The number of ketones is 1. The lowest BCUT2D eigenvalue weighted by atomic mass is 9.96. The number of carbonyl (C=O) groups is 1. The Kier molecular flexibility index (Phi) is 6.59. The van der Waals surface area contributed by atoms with Crippen LogP contribution in [-0.4, -0.2) is 110 Å². The summed E-state index contributed by atoms with van der Waals surface area (Å²) in [6.07, 6.45) is -11.6. The van der Waals surface area contributed by atoms with Gasteiger partial charge in [0.2, 0.25) is 0 Å². The molecule has 2 aromatic heterocycles. The third kappa shape index (κ3) is 3.99. The molecule has 166 valence electrons. The molecule has 0 spiro atoms. The minimum absolute atomic E-state index is 0.0965. The molecule has 2 aromatic rings. The molecule has 8 atom stereocenters. The fourth-order valence-corrected chi connectivity index (χ4v) is 3.22. The van der Waals surface area contributed by atoms with E-state index in [1.807, 2.05) is 0 Å². The maximum atomic E-state index is 12.3. The molecule has 14 heteroatoms. The van der Waals surface area contributed by atoms with Crippen molar-refractivity contribution in [3.05, 3.63) is 12.7 Å². The summed E-state index contributed by atoms with van der Waals surface area (Å²) in [7, 11) is 0. The third-order valence-corrected chi connectivity index (χ3v) is 4.99. The van der Waals surface area contributed by atoms with Gasteiger partial charge in [-0.25, -0.2) is 15.0 Å². The van der Waals surface area contributed by atoms with Crippen LogP contribution in [0.25, 0.3) is 11.2 Å². The molecule has 0 radical (unpaired) electrons. The molecule has 1 saturated heterocycles. The summed E-state index contributed by atoms with van der Waals surface area (Å²) in [5.41, 5.74) is 6.18. The van der Waals surface area contributed by atoms with Crippen molar-refractivity contribution in [3.63, 3.8) is 0 Å². The number of anilines is 1. The van der Waals surface area contributed by atoms with E-state index < -0.39 is 67.8 Å². The number of fused-ring (bicyclic) bond motifs is 1. The van der Waals surface area contributed by atoms with Crippen molar-refractivity contribution in [3.8, 4) is 0 Å². The van der Waals surface area contributed by atoms with Crippen LogP contribution in [0, 0.1) is 0 Å². The molecule has 0 aliphatic carbocycles. The maximum absolute atomic E-state index is 12.3. The first kappa shape index (κ1) is 22.4. The van der Waals surface area contributed by atoms with E-state index in [-0.39, 0.29) is 17.0 Å². The monoisotopic (exact) mass is 429 g/mol. The van der Waals surface area contributed by atoms with E-state index in [1.54, 1.807) is 0 Å². The first-order chi connectivity index (χ1) is 14.2. The lowest BCUT2D eigenvalue weighted by molar-refractivity contribution is -0.150. The van der Waals surface area contributed by atoms with E-state index in [2.05, 4.69) is 15.0 Å². The molecular formula is C16H23N5O9. The van der Waals surface area contributed by atoms with Crippen molar-refractivity contribution >= 4 is 22.8 Å². The Labute approximate surface area is 168 Å². The van der Waals surface area contributed by atoms with Crippen LogP contribution in [-0.2, 0) is 9.53 Å². The largest absolute Gasteiger partial charge is 0.394 e. The first-order valence-corrected chi connectivity index (χ1v) is 8.97. The first-order valence-electron chi connectivity index (χ1n) is 8.97. The molecule has 1 aliphatic rings. The van der Waals surface area contributed by atoms with Crippen molar-refractivity contribution < 1.29 is 45.3 Å². The van der Waals surface area contributed by atoms with Crippen LogP contribution >= 0.6 is 0 Å². The second-order valence-electron chi connectivity index (χ2n) is 6.98. The van der Waals surface area contributed by atoms with E-state index in [0.29, 0.717) is 0 Å². The van der Waals surface area contributed by atoms with Crippen LogP contribution < -0.4 is 5.73 Å². The summed E-state index contributed by atoms with van der Waals surface area (Å²) in [5, 5.41) is 68.1. The number of nitrogen functional groups attached to an aromatic ring is 1. The number of nitrogens with two attached hydrogens (primary N) is 1. The number of hydrogen-bond donors (Lipinski definition) is 8. The Morgan fingerprint density at radius 1 is 1.13 bits per heavy atom. The smallest absolute Gasteiger partial charge is 0.167 e. The number of aliphatic hydroxyl groups excluding tert-OH is 7. The van der Waals surface area contributed by atoms with Crippen molar-refractivity contribution in [2.75, 3.05) is 12.3 Å². The number of Topliss-reactive ketones (excluding diaryl/α,β-unsaturated/α-hetero) is 1. The molecule has 0 bridgehead atoms. The number of ether oxygens (including phenoxy) is 1. The molecule has 0 amide bonds. The van der Waals surface area contributed by atoms with Gasteiger partial charge in [-0.1, -0.05) is 0 Å². The van der Waals surface area contributed by atoms with Gasteiger partial charge in [-0.05, 0) is 0 Å². The van der Waals surface area contributed by atoms with Gasteiger partial charge in [-0.3, -0.25) is 9.36 Å². The lowest BCUT2D eigenvalue weighted by Gasteiger charge is -2.25. The Hall–Kier alpha value is -2.30. The van der Waals surface area contributed by atoms with E-state index in [1.165, 1.54) is 17.2 Å². The van der Waals surface area contributed by atoms with Crippen molar-refractivity contribution in [2.45, 2.75) is 55.4 Å². The highest BCUT2D eigenvalue weighted by Gasteiger charge is 2.46. The number of imidazole rings is 1. The second kappa shape index (κ2) is 8.83. The fraction of sp³-hybridized carbons (Fsp3) is 0.625. The molecule has 1 fully saturated rings. The average Bonchev–Trinajstić information content (AvgIpc) is 3.28. The topological polar surface area (TPSA) is 238 Å². The Morgan fingerprint density at radius 3 is 2.50 bits per heavy atom. The van der Waals surface area contributed by atoms with Gasteiger partial charge in [0, 0.05) is 6.42 Å². The van der Waals surface area contributed by atoms with Crippen LogP contribution in [0.5, 0.6) is 0 Å². The Morgan fingerprint density at radius 2 is 1.83 bits per heavy atom. The highest BCUT2D eigenvalue weighted by Crippen LogP contribution is 2.33. The van der Waals surface area contributed by atoms with E-state index in [0.717, 1.165) is 0 Å². The van der Waals surface area contributed by atoms with Crippen molar-refractivity contribution in [2.24, 2.45) is 0 Å². The minimum Gasteiger partial charge on any atom is -0.394 e. The number of nitrogens with zero attached hydrogens (tertiary/aromatic N) is 4. The van der Waals surface area contributed by atoms with Gasteiger partial charge in [0.25, 0.3) is 0 Å². The number of rotatable bonds is 8. The van der Waals surface area contributed by atoms with E-state index in [4.69, 9.17) is 15.6 Å². The molecule has 30 heavy (non-hydrogen) atoms. The highest BCUT2D eigenvalue weighted by atomic mass is 16.6. The molecule has 3 heterocycles. The minimum atomic E-state index is -2.13. The number of carbonyl (C=O) groups excluding carboxylic acids is 1. The molecule has 3 rings (SSSR count). The molecule has 0 aromatic carbocycles. The maximum Gasteiger partial charge on any atom is 0.167 e. The number of aromatic nitrogens is 4. The molecule has 9 N–H and O–H groups in total. The van der Waals surface area contributed by atoms with Gasteiger partial charge in [0.1, 0.15) is 48.5 Å². The number of hydrogen-bond acceptors (Lipinski definition) is 13.